The van der Waals surface area contributed by atoms with E-state index in [2.05, 4.69) is 41.6 Å². The maximum absolute atomic E-state index is 5.62. The monoisotopic (exact) mass is 275 g/mol. The molecule has 1 saturated heterocycles. The summed E-state index contributed by atoms with van der Waals surface area (Å²) < 4.78 is 13.1. The number of benzene rings is 1. The Morgan fingerprint density at radius 1 is 1.35 bits per heavy atom. The van der Waals surface area contributed by atoms with Gasteiger partial charge in [0.2, 0.25) is 0 Å². The van der Waals surface area contributed by atoms with E-state index in [1.807, 2.05) is 4.68 Å². The van der Waals surface area contributed by atoms with E-state index in [4.69, 9.17) is 9.47 Å². The third kappa shape index (κ3) is 2.85. The van der Waals surface area contributed by atoms with Crippen molar-refractivity contribution in [1.29, 1.82) is 0 Å². The molecule has 1 atom stereocenters. The van der Waals surface area contributed by atoms with Gasteiger partial charge in [-0.3, -0.25) is 4.68 Å². The molecule has 20 heavy (non-hydrogen) atoms. The van der Waals surface area contributed by atoms with Crippen molar-refractivity contribution >= 4 is 10.9 Å². The molecule has 1 N–H and O–H groups in total. The van der Waals surface area contributed by atoms with Crippen LogP contribution in [0.2, 0.25) is 0 Å². The maximum atomic E-state index is 5.62. The van der Waals surface area contributed by atoms with Gasteiger partial charge in [-0.2, -0.15) is 5.10 Å². The molecular formula is C15H21N3O2. The number of hydrogen-bond donors (Lipinski definition) is 1. The predicted octanol–water partition coefficient (Wildman–Crippen LogP) is 1.56. The highest BCUT2D eigenvalue weighted by atomic mass is 16.6. The van der Waals surface area contributed by atoms with Crippen LogP contribution >= 0.6 is 0 Å². The molecule has 1 aromatic heterocycles. The minimum Gasteiger partial charge on any atom is -0.376 e. The first kappa shape index (κ1) is 13.5. The zero-order valence-corrected chi connectivity index (χ0v) is 11.8. The summed E-state index contributed by atoms with van der Waals surface area (Å²) in [6.45, 7) is 6.64. The van der Waals surface area contributed by atoms with Crippen molar-refractivity contribution in [3.05, 3.63) is 30.0 Å². The smallest absolute Gasteiger partial charge is 0.0933 e. The van der Waals surface area contributed by atoms with Gasteiger partial charge in [0.25, 0.3) is 0 Å². The number of fused-ring (bicyclic) bond motifs is 1. The van der Waals surface area contributed by atoms with E-state index < -0.39 is 0 Å². The predicted molar refractivity (Wildman–Crippen MR) is 77.7 cm³/mol. The quantitative estimate of drug-likeness (QED) is 0.899. The minimum atomic E-state index is 0.156. The fraction of sp³-hybridized carbons (Fsp3) is 0.533. The van der Waals surface area contributed by atoms with Crippen molar-refractivity contribution < 1.29 is 9.47 Å². The van der Waals surface area contributed by atoms with Crippen LogP contribution in [0.25, 0.3) is 10.9 Å². The van der Waals surface area contributed by atoms with Gasteiger partial charge in [-0.25, -0.2) is 0 Å². The van der Waals surface area contributed by atoms with Gasteiger partial charge in [0.05, 0.1) is 37.1 Å². The number of nitrogens with one attached hydrogen (secondary N) is 1. The number of aryl methyl sites for hydroxylation is 1. The summed E-state index contributed by atoms with van der Waals surface area (Å²) in [6.07, 6.45) is 0.156. The van der Waals surface area contributed by atoms with Gasteiger partial charge < -0.3 is 14.8 Å². The lowest BCUT2D eigenvalue weighted by atomic mass is 10.2. The fourth-order valence-electron chi connectivity index (χ4n) is 2.57. The van der Waals surface area contributed by atoms with E-state index in [0.29, 0.717) is 19.8 Å². The average Bonchev–Trinajstić information content (AvgIpc) is 2.87. The van der Waals surface area contributed by atoms with Crippen LogP contribution in [0.3, 0.4) is 0 Å². The molecule has 5 nitrogen and oxygen atoms in total. The molecule has 2 aromatic rings. The normalized spacial score (nSPS) is 19.6. The number of rotatable bonds is 5. The molecule has 1 aliphatic rings. The molecule has 0 amide bonds. The Balaban J connectivity index is 1.65. The van der Waals surface area contributed by atoms with Crippen LogP contribution in [0.15, 0.2) is 24.3 Å². The minimum absolute atomic E-state index is 0.156. The van der Waals surface area contributed by atoms with Crippen molar-refractivity contribution in [2.75, 3.05) is 26.4 Å². The van der Waals surface area contributed by atoms with Crippen molar-refractivity contribution in [2.24, 2.45) is 0 Å². The zero-order valence-electron chi connectivity index (χ0n) is 11.8. The number of aromatic nitrogens is 2. The van der Waals surface area contributed by atoms with Crippen molar-refractivity contribution in [3.8, 4) is 0 Å². The van der Waals surface area contributed by atoms with E-state index in [-0.39, 0.29) is 6.10 Å². The molecule has 1 aliphatic heterocycles. The van der Waals surface area contributed by atoms with Gasteiger partial charge in [0, 0.05) is 25.0 Å². The second-order valence-electron chi connectivity index (χ2n) is 4.98. The van der Waals surface area contributed by atoms with Gasteiger partial charge in [0.1, 0.15) is 0 Å². The van der Waals surface area contributed by atoms with Crippen LogP contribution in [-0.4, -0.2) is 42.2 Å². The molecule has 1 unspecified atom stereocenters. The zero-order chi connectivity index (χ0) is 13.8. The third-order valence-electron chi connectivity index (χ3n) is 3.58. The highest BCUT2D eigenvalue weighted by Crippen LogP contribution is 2.18. The molecule has 108 valence electrons. The van der Waals surface area contributed by atoms with Gasteiger partial charge in [-0.15, -0.1) is 0 Å². The van der Waals surface area contributed by atoms with Gasteiger partial charge >= 0.3 is 0 Å². The van der Waals surface area contributed by atoms with Gasteiger partial charge in [-0.05, 0) is 13.0 Å². The molecule has 5 heteroatoms. The molecule has 0 saturated carbocycles. The lowest BCUT2D eigenvalue weighted by Crippen LogP contribution is -2.37. The summed E-state index contributed by atoms with van der Waals surface area (Å²) in [5, 5.41) is 9.32. The first-order chi connectivity index (χ1) is 9.88. The molecule has 2 heterocycles. The standard InChI is InChI=1S/C15H21N3O2/c1-2-18-15-6-4-3-5-13(15)14(17-18)10-16-9-12-11-19-7-8-20-12/h3-6,12,16H,2,7-11H2,1H3. The Hall–Kier alpha value is -1.43. The van der Waals surface area contributed by atoms with Crippen LogP contribution in [0.1, 0.15) is 12.6 Å². The maximum Gasteiger partial charge on any atom is 0.0933 e. The van der Waals surface area contributed by atoms with E-state index in [1.165, 1.54) is 10.9 Å². The first-order valence-corrected chi connectivity index (χ1v) is 7.23. The van der Waals surface area contributed by atoms with Crippen LogP contribution in [0.4, 0.5) is 0 Å². The van der Waals surface area contributed by atoms with Gasteiger partial charge in [-0.1, -0.05) is 18.2 Å². The molecule has 0 radical (unpaired) electrons. The molecule has 1 fully saturated rings. The summed E-state index contributed by atoms with van der Waals surface area (Å²) in [6, 6.07) is 8.37. The lowest BCUT2D eigenvalue weighted by molar-refractivity contribution is -0.0864. The Labute approximate surface area is 118 Å². The second kappa shape index (κ2) is 6.35. The Bertz CT molecular complexity index is 561. The molecular weight excluding hydrogens is 254 g/mol. The molecule has 0 aliphatic carbocycles. The topological polar surface area (TPSA) is 48.3 Å². The summed E-state index contributed by atoms with van der Waals surface area (Å²) >= 11 is 0. The van der Waals surface area contributed by atoms with E-state index >= 15 is 0 Å². The number of hydrogen-bond acceptors (Lipinski definition) is 4. The Morgan fingerprint density at radius 2 is 2.25 bits per heavy atom. The number of nitrogens with zero attached hydrogens (tertiary/aromatic N) is 2. The van der Waals surface area contributed by atoms with Crippen LogP contribution in [0, 0.1) is 0 Å². The molecule has 0 bridgehead atoms. The van der Waals surface area contributed by atoms with Gasteiger partial charge in [0.15, 0.2) is 0 Å². The van der Waals surface area contributed by atoms with E-state index in [1.54, 1.807) is 0 Å². The molecule has 1 aromatic carbocycles. The van der Waals surface area contributed by atoms with Crippen LogP contribution < -0.4 is 5.32 Å². The summed E-state index contributed by atoms with van der Waals surface area (Å²) in [4.78, 5) is 0. The highest BCUT2D eigenvalue weighted by molar-refractivity contribution is 5.81. The SMILES string of the molecule is CCn1nc(CNCC2COCCO2)c2ccccc21. The number of para-hydroxylation sites is 1. The lowest BCUT2D eigenvalue weighted by Gasteiger charge is -2.22. The highest BCUT2D eigenvalue weighted by Gasteiger charge is 2.14. The van der Waals surface area contributed by atoms with Crippen molar-refractivity contribution in [3.63, 3.8) is 0 Å². The van der Waals surface area contributed by atoms with Crippen LogP contribution in [0.5, 0.6) is 0 Å². The molecule has 0 spiro atoms. The first-order valence-electron chi connectivity index (χ1n) is 7.23. The summed E-state index contributed by atoms with van der Waals surface area (Å²) in [5.41, 5.74) is 2.29. The van der Waals surface area contributed by atoms with E-state index in [9.17, 15) is 0 Å². The van der Waals surface area contributed by atoms with Crippen molar-refractivity contribution in [1.82, 2.24) is 15.1 Å². The number of ether oxygens (including phenoxy) is 2. The largest absolute Gasteiger partial charge is 0.376 e. The Kier molecular flexibility index (Phi) is 4.30. The van der Waals surface area contributed by atoms with E-state index in [0.717, 1.165) is 25.3 Å². The third-order valence-corrected chi connectivity index (χ3v) is 3.58. The fourth-order valence-corrected chi connectivity index (χ4v) is 2.57. The van der Waals surface area contributed by atoms with Crippen molar-refractivity contribution in [2.45, 2.75) is 26.1 Å². The molecule has 3 rings (SSSR count). The summed E-state index contributed by atoms with van der Waals surface area (Å²) in [5.74, 6) is 0. The van der Waals surface area contributed by atoms with Crippen LogP contribution in [-0.2, 0) is 22.6 Å². The second-order valence-corrected chi connectivity index (χ2v) is 4.98. The Morgan fingerprint density at radius 3 is 3.05 bits per heavy atom. The average molecular weight is 275 g/mol. The summed E-state index contributed by atoms with van der Waals surface area (Å²) in [7, 11) is 0.